The van der Waals surface area contributed by atoms with Crippen molar-refractivity contribution in [1.82, 2.24) is 15.6 Å². The number of carbonyl (C=O) groups excluding carboxylic acids is 2. The normalized spacial score (nSPS) is 20.8. The summed E-state index contributed by atoms with van der Waals surface area (Å²) in [5.41, 5.74) is 7.79. The number of carbonyl (C=O) groups is 2. The number of halogens is 1. The van der Waals surface area contributed by atoms with Gasteiger partial charge in [-0.1, -0.05) is 0 Å². The molecule has 116 valence electrons. The van der Waals surface area contributed by atoms with Gasteiger partial charge in [0.2, 0.25) is 5.96 Å². The molecule has 0 radical (unpaired) electrons. The second-order valence-corrected chi connectivity index (χ2v) is 5.35. The molecule has 7 nitrogen and oxygen atoms in total. The van der Waals surface area contributed by atoms with Gasteiger partial charge in [-0.05, 0) is 30.2 Å². The molecule has 8 heteroatoms. The van der Waals surface area contributed by atoms with Gasteiger partial charge in [0.15, 0.2) is 0 Å². The van der Waals surface area contributed by atoms with E-state index in [4.69, 9.17) is 5.73 Å². The molecule has 2 aliphatic rings. The van der Waals surface area contributed by atoms with Gasteiger partial charge in [-0.3, -0.25) is 9.59 Å². The van der Waals surface area contributed by atoms with E-state index in [2.05, 4.69) is 20.6 Å². The molecule has 4 rings (SSSR count). The van der Waals surface area contributed by atoms with Crippen LogP contribution in [0, 0.1) is 5.82 Å². The molecule has 0 spiro atoms. The Labute approximate surface area is 129 Å². The highest BCUT2D eigenvalue weighted by atomic mass is 19.1. The molecule has 2 aromatic rings. The Morgan fingerprint density at radius 2 is 2.09 bits per heavy atom. The van der Waals surface area contributed by atoms with Crippen molar-refractivity contribution in [2.45, 2.75) is 6.42 Å². The Hall–Kier alpha value is -3.16. The first-order chi connectivity index (χ1) is 11.0. The van der Waals surface area contributed by atoms with Gasteiger partial charge >= 0.3 is 0 Å². The fourth-order valence-electron chi connectivity index (χ4n) is 2.99. The van der Waals surface area contributed by atoms with E-state index in [9.17, 15) is 14.0 Å². The highest BCUT2D eigenvalue weighted by Gasteiger charge is 2.30. The van der Waals surface area contributed by atoms with Crippen LogP contribution in [0.3, 0.4) is 0 Å². The molecule has 0 fully saturated rings. The Morgan fingerprint density at radius 3 is 2.83 bits per heavy atom. The SMILES string of the molecule is NC1=NC(=O)C(=C2CCNC(=O)c3[nH]c4ccc(F)cc4c32)N1. The van der Waals surface area contributed by atoms with Gasteiger partial charge in [0.1, 0.15) is 17.2 Å². The van der Waals surface area contributed by atoms with Crippen molar-refractivity contribution >= 4 is 34.2 Å². The number of fused-ring (bicyclic) bond motifs is 3. The summed E-state index contributed by atoms with van der Waals surface area (Å²) in [6.07, 6.45) is 0.402. The van der Waals surface area contributed by atoms with Crippen LogP contribution in [0.5, 0.6) is 0 Å². The van der Waals surface area contributed by atoms with Gasteiger partial charge in [0.05, 0.1) is 0 Å². The van der Waals surface area contributed by atoms with Crippen LogP contribution in [0.25, 0.3) is 16.5 Å². The first kappa shape index (κ1) is 13.5. The Kier molecular flexibility index (Phi) is 2.74. The summed E-state index contributed by atoms with van der Waals surface area (Å²) in [5, 5.41) is 6.03. The number of H-pyrrole nitrogens is 1. The molecule has 0 saturated heterocycles. The van der Waals surface area contributed by atoms with E-state index >= 15 is 0 Å². The molecule has 1 aromatic carbocycles. The first-order valence-corrected chi connectivity index (χ1v) is 7.03. The lowest BCUT2D eigenvalue weighted by atomic mass is 9.97. The number of hydrogen-bond acceptors (Lipinski definition) is 4. The number of aromatic nitrogens is 1. The summed E-state index contributed by atoms with van der Waals surface area (Å²) in [4.78, 5) is 30.9. The van der Waals surface area contributed by atoms with E-state index in [0.717, 1.165) is 0 Å². The maximum absolute atomic E-state index is 13.7. The van der Waals surface area contributed by atoms with Crippen molar-refractivity contribution in [2.24, 2.45) is 10.7 Å². The van der Waals surface area contributed by atoms with E-state index in [0.29, 0.717) is 40.7 Å². The van der Waals surface area contributed by atoms with Crippen LogP contribution in [0.4, 0.5) is 4.39 Å². The number of benzene rings is 1. The molecular formula is C15H12FN5O2. The van der Waals surface area contributed by atoms with Crippen molar-refractivity contribution in [3.05, 3.63) is 41.0 Å². The van der Waals surface area contributed by atoms with Crippen molar-refractivity contribution in [2.75, 3.05) is 6.54 Å². The summed E-state index contributed by atoms with van der Waals surface area (Å²) in [7, 11) is 0. The summed E-state index contributed by atoms with van der Waals surface area (Å²) in [5.74, 6) is -1.21. The Bertz CT molecular complexity index is 941. The molecule has 0 saturated carbocycles. The summed E-state index contributed by atoms with van der Waals surface area (Å²) < 4.78 is 13.7. The molecule has 0 bridgehead atoms. The van der Waals surface area contributed by atoms with Crippen LogP contribution in [0.15, 0.2) is 28.9 Å². The van der Waals surface area contributed by atoms with E-state index in [1.165, 1.54) is 12.1 Å². The fourth-order valence-corrected chi connectivity index (χ4v) is 2.99. The topological polar surface area (TPSA) is 112 Å². The minimum atomic E-state index is -0.497. The monoisotopic (exact) mass is 313 g/mol. The highest BCUT2D eigenvalue weighted by molar-refractivity contribution is 6.17. The molecule has 5 N–H and O–H groups in total. The third kappa shape index (κ3) is 1.99. The summed E-state index contributed by atoms with van der Waals surface area (Å²) >= 11 is 0. The maximum atomic E-state index is 13.7. The second-order valence-electron chi connectivity index (χ2n) is 5.35. The third-order valence-electron chi connectivity index (χ3n) is 3.94. The van der Waals surface area contributed by atoms with Gasteiger partial charge in [-0.25, -0.2) is 4.39 Å². The van der Waals surface area contributed by atoms with Crippen molar-refractivity contribution in [1.29, 1.82) is 0 Å². The second kappa shape index (κ2) is 4.67. The standard InChI is InChI=1S/C15H12FN5O2/c16-6-1-2-9-8(5-6)10-7(11-14(23)21-15(17)20-11)3-4-18-13(22)12(10)19-9/h1-2,5,19H,3-4H2,(H,18,22)(H3,17,20,21,23). The van der Waals surface area contributed by atoms with Crippen LogP contribution in [-0.4, -0.2) is 29.3 Å². The molecule has 3 heterocycles. The number of hydrogen-bond donors (Lipinski definition) is 4. The van der Waals surface area contributed by atoms with Crippen LogP contribution >= 0.6 is 0 Å². The molecule has 0 atom stereocenters. The van der Waals surface area contributed by atoms with Crippen molar-refractivity contribution in [3.8, 4) is 0 Å². The predicted octanol–water partition coefficient (Wildman–Crippen LogP) is 0.596. The molecule has 0 aliphatic carbocycles. The molecule has 0 unspecified atom stereocenters. The number of aromatic amines is 1. The number of nitrogens with one attached hydrogen (secondary N) is 3. The zero-order chi connectivity index (χ0) is 16.1. The number of rotatable bonds is 0. The van der Waals surface area contributed by atoms with Gasteiger partial charge in [0, 0.05) is 23.0 Å². The Balaban J connectivity index is 2.05. The highest BCUT2D eigenvalue weighted by Crippen LogP contribution is 2.35. The number of amides is 2. The van der Waals surface area contributed by atoms with Crippen LogP contribution in [0.1, 0.15) is 22.5 Å². The van der Waals surface area contributed by atoms with Gasteiger partial charge in [-0.2, -0.15) is 4.99 Å². The predicted molar refractivity (Wildman–Crippen MR) is 81.9 cm³/mol. The average molecular weight is 313 g/mol. The minimum absolute atomic E-state index is 0.00797. The third-order valence-corrected chi connectivity index (χ3v) is 3.94. The number of guanidine groups is 1. The number of nitrogens with two attached hydrogens (primary N) is 1. The van der Waals surface area contributed by atoms with E-state index < -0.39 is 11.7 Å². The van der Waals surface area contributed by atoms with E-state index in [1.54, 1.807) is 6.07 Å². The van der Waals surface area contributed by atoms with Crippen molar-refractivity contribution in [3.63, 3.8) is 0 Å². The molecule has 1 aromatic heterocycles. The zero-order valence-corrected chi connectivity index (χ0v) is 11.9. The first-order valence-electron chi connectivity index (χ1n) is 7.03. The van der Waals surface area contributed by atoms with Crippen LogP contribution in [-0.2, 0) is 4.79 Å². The smallest absolute Gasteiger partial charge is 0.296 e. The lowest BCUT2D eigenvalue weighted by Crippen LogP contribution is -2.26. The summed E-state index contributed by atoms with van der Waals surface area (Å²) in [6.45, 7) is 0.353. The minimum Gasteiger partial charge on any atom is -0.369 e. The van der Waals surface area contributed by atoms with E-state index in [1.807, 2.05) is 0 Å². The van der Waals surface area contributed by atoms with E-state index in [-0.39, 0.29) is 17.6 Å². The van der Waals surface area contributed by atoms with Gasteiger partial charge in [-0.15, -0.1) is 0 Å². The van der Waals surface area contributed by atoms with Gasteiger partial charge in [0.25, 0.3) is 11.8 Å². The molecular weight excluding hydrogens is 301 g/mol. The molecule has 23 heavy (non-hydrogen) atoms. The average Bonchev–Trinajstić information content (AvgIpc) is 2.98. The molecule has 2 aliphatic heterocycles. The van der Waals surface area contributed by atoms with Crippen LogP contribution < -0.4 is 16.4 Å². The van der Waals surface area contributed by atoms with Gasteiger partial charge < -0.3 is 21.4 Å². The lowest BCUT2D eigenvalue weighted by Gasteiger charge is -2.08. The zero-order valence-electron chi connectivity index (χ0n) is 11.9. The summed E-state index contributed by atoms with van der Waals surface area (Å²) in [6, 6.07) is 4.21. The maximum Gasteiger partial charge on any atom is 0.296 e. The fraction of sp³-hybridized carbons (Fsp3) is 0.133. The largest absolute Gasteiger partial charge is 0.369 e. The molecule has 2 amide bonds. The lowest BCUT2D eigenvalue weighted by molar-refractivity contribution is -0.114. The number of nitrogens with zero attached hydrogens (tertiary/aromatic N) is 1. The van der Waals surface area contributed by atoms with Crippen molar-refractivity contribution < 1.29 is 14.0 Å². The van der Waals surface area contributed by atoms with Crippen LogP contribution in [0.2, 0.25) is 0 Å². The Morgan fingerprint density at radius 1 is 1.26 bits per heavy atom. The quantitative estimate of drug-likeness (QED) is 0.533. The number of aliphatic imine (C=N–C) groups is 1.